The van der Waals surface area contributed by atoms with E-state index >= 15 is 0 Å². The number of benzene rings is 1. The summed E-state index contributed by atoms with van der Waals surface area (Å²) in [4.78, 5) is 20.0. The molecule has 1 aliphatic heterocycles. The van der Waals surface area contributed by atoms with Gasteiger partial charge in [0.2, 0.25) is 5.90 Å². The molecule has 20 heavy (non-hydrogen) atoms. The normalized spacial score (nSPS) is 16.1. The van der Waals surface area contributed by atoms with Crippen LogP contribution in [0.15, 0.2) is 59.5 Å². The molecule has 4 nitrogen and oxygen atoms in total. The van der Waals surface area contributed by atoms with E-state index in [1.807, 2.05) is 31.2 Å². The molecule has 1 aliphatic rings. The number of aliphatic imine (C=N–C) groups is 1. The molecule has 0 radical (unpaired) electrons. The molecule has 0 bridgehead atoms. The Morgan fingerprint density at radius 1 is 1.15 bits per heavy atom. The molecule has 0 saturated carbocycles. The summed E-state index contributed by atoms with van der Waals surface area (Å²) in [6.45, 7) is 1.98. The fourth-order valence-corrected chi connectivity index (χ4v) is 1.93. The first kappa shape index (κ1) is 12.3. The second-order valence-electron chi connectivity index (χ2n) is 4.49. The number of carbonyl (C=O) groups is 1. The summed E-state index contributed by atoms with van der Waals surface area (Å²) in [6, 6.07) is 11.3. The van der Waals surface area contributed by atoms with Crippen LogP contribution < -0.4 is 0 Å². The Kier molecular flexibility index (Phi) is 3.13. The molecule has 1 aromatic carbocycles. The van der Waals surface area contributed by atoms with Crippen molar-refractivity contribution >= 4 is 17.9 Å². The Hall–Kier alpha value is -2.75. The molecular weight excluding hydrogens is 252 g/mol. The Labute approximate surface area is 116 Å². The van der Waals surface area contributed by atoms with E-state index in [1.165, 1.54) is 0 Å². The smallest absolute Gasteiger partial charge is 0.363 e. The lowest BCUT2D eigenvalue weighted by Crippen LogP contribution is -2.05. The third-order valence-corrected chi connectivity index (χ3v) is 2.90. The molecule has 0 amide bonds. The van der Waals surface area contributed by atoms with E-state index in [0.717, 1.165) is 16.7 Å². The van der Waals surface area contributed by atoms with Gasteiger partial charge in [-0.2, -0.15) is 0 Å². The molecule has 98 valence electrons. The van der Waals surface area contributed by atoms with Gasteiger partial charge in [0.15, 0.2) is 5.70 Å². The predicted octanol–water partition coefficient (Wildman–Crippen LogP) is 2.73. The van der Waals surface area contributed by atoms with Gasteiger partial charge >= 0.3 is 5.97 Å². The van der Waals surface area contributed by atoms with Crippen LogP contribution in [0.2, 0.25) is 0 Å². The summed E-state index contributed by atoms with van der Waals surface area (Å²) in [5, 5.41) is 0. The molecule has 4 heteroatoms. The number of aryl methyl sites for hydroxylation is 1. The van der Waals surface area contributed by atoms with Gasteiger partial charge in [-0.05, 0) is 42.8 Å². The summed E-state index contributed by atoms with van der Waals surface area (Å²) in [6.07, 6.45) is 5.02. The third-order valence-electron chi connectivity index (χ3n) is 2.90. The molecule has 0 saturated heterocycles. The van der Waals surface area contributed by atoms with E-state index in [1.54, 1.807) is 30.6 Å². The topological polar surface area (TPSA) is 51.5 Å². The van der Waals surface area contributed by atoms with E-state index in [2.05, 4.69) is 9.98 Å². The van der Waals surface area contributed by atoms with E-state index in [0.29, 0.717) is 11.6 Å². The number of cyclic esters (lactones) is 1. The van der Waals surface area contributed by atoms with Crippen LogP contribution in [0.5, 0.6) is 0 Å². The van der Waals surface area contributed by atoms with Crippen molar-refractivity contribution in [1.29, 1.82) is 0 Å². The number of pyridine rings is 1. The maximum absolute atomic E-state index is 11.8. The molecule has 0 N–H and O–H groups in total. The van der Waals surface area contributed by atoms with E-state index in [4.69, 9.17) is 4.74 Å². The van der Waals surface area contributed by atoms with Crippen molar-refractivity contribution < 1.29 is 9.53 Å². The molecule has 1 aromatic heterocycles. The number of carbonyl (C=O) groups excluding carboxylic acids is 1. The first-order valence-electron chi connectivity index (χ1n) is 6.22. The Bertz CT molecular complexity index is 718. The minimum absolute atomic E-state index is 0.299. The van der Waals surface area contributed by atoms with Crippen LogP contribution >= 0.6 is 0 Å². The quantitative estimate of drug-likeness (QED) is 0.619. The number of hydrogen-bond donors (Lipinski definition) is 0. The second-order valence-corrected chi connectivity index (χ2v) is 4.49. The van der Waals surface area contributed by atoms with Gasteiger partial charge in [0.1, 0.15) is 0 Å². The van der Waals surface area contributed by atoms with Crippen molar-refractivity contribution in [1.82, 2.24) is 4.98 Å². The van der Waals surface area contributed by atoms with Gasteiger partial charge in [-0.1, -0.05) is 17.7 Å². The molecule has 0 spiro atoms. The first-order chi connectivity index (χ1) is 9.72. The largest absolute Gasteiger partial charge is 0.402 e. The highest BCUT2D eigenvalue weighted by atomic mass is 16.6. The number of rotatable bonds is 2. The number of aromatic nitrogens is 1. The predicted molar refractivity (Wildman–Crippen MR) is 76.0 cm³/mol. The third kappa shape index (κ3) is 2.49. The fraction of sp³-hybridized carbons (Fsp3) is 0.0625. The maximum Gasteiger partial charge on any atom is 0.363 e. The number of esters is 1. The van der Waals surface area contributed by atoms with Gasteiger partial charge < -0.3 is 4.74 Å². The van der Waals surface area contributed by atoms with Gasteiger partial charge in [0, 0.05) is 18.0 Å². The SMILES string of the molecule is Cc1cccc(C2=N/C(=C\c3ccncc3)C(=O)O2)c1. The summed E-state index contributed by atoms with van der Waals surface area (Å²) in [7, 11) is 0. The average Bonchev–Trinajstić information content (AvgIpc) is 2.81. The van der Waals surface area contributed by atoms with Gasteiger partial charge in [-0.3, -0.25) is 4.98 Å². The maximum atomic E-state index is 11.8. The first-order valence-corrected chi connectivity index (χ1v) is 6.22. The van der Waals surface area contributed by atoms with Crippen LogP contribution in [0.4, 0.5) is 0 Å². The molecule has 0 unspecified atom stereocenters. The summed E-state index contributed by atoms with van der Waals surface area (Å²) in [5.74, 6) is -0.0858. The lowest BCUT2D eigenvalue weighted by molar-refractivity contribution is -0.129. The van der Waals surface area contributed by atoms with Crippen molar-refractivity contribution in [2.45, 2.75) is 6.92 Å². The molecular formula is C16H12N2O2. The Balaban J connectivity index is 1.95. The molecule has 0 aliphatic carbocycles. The van der Waals surface area contributed by atoms with Gasteiger partial charge in [-0.15, -0.1) is 0 Å². The van der Waals surface area contributed by atoms with Crippen molar-refractivity contribution in [2.75, 3.05) is 0 Å². The molecule has 2 aromatic rings. The van der Waals surface area contributed by atoms with E-state index in [-0.39, 0.29) is 0 Å². The fourth-order valence-electron chi connectivity index (χ4n) is 1.93. The molecule has 0 atom stereocenters. The van der Waals surface area contributed by atoms with Crippen molar-refractivity contribution in [3.05, 3.63) is 71.2 Å². The van der Waals surface area contributed by atoms with Crippen molar-refractivity contribution in [2.24, 2.45) is 4.99 Å². The van der Waals surface area contributed by atoms with Crippen LogP contribution in [-0.4, -0.2) is 16.9 Å². The van der Waals surface area contributed by atoms with Crippen LogP contribution in [0.25, 0.3) is 6.08 Å². The highest BCUT2D eigenvalue weighted by Crippen LogP contribution is 2.19. The Morgan fingerprint density at radius 2 is 1.95 bits per heavy atom. The zero-order valence-electron chi connectivity index (χ0n) is 10.9. The monoisotopic (exact) mass is 264 g/mol. The number of hydrogen-bond acceptors (Lipinski definition) is 4. The molecule has 3 rings (SSSR count). The zero-order valence-corrected chi connectivity index (χ0v) is 10.9. The summed E-state index contributed by atoms with van der Waals surface area (Å²) >= 11 is 0. The van der Waals surface area contributed by atoms with Gasteiger partial charge in [-0.25, -0.2) is 9.79 Å². The highest BCUT2D eigenvalue weighted by Gasteiger charge is 2.23. The van der Waals surface area contributed by atoms with Gasteiger partial charge in [0.05, 0.1) is 0 Å². The van der Waals surface area contributed by atoms with Crippen LogP contribution in [-0.2, 0) is 9.53 Å². The van der Waals surface area contributed by atoms with E-state index < -0.39 is 5.97 Å². The lowest BCUT2D eigenvalue weighted by Gasteiger charge is -1.99. The van der Waals surface area contributed by atoms with Crippen LogP contribution in [0.3, 0.4) is 0 Å². The molecule has 2 heterocycles. The standard InChI is InChI=1S/C16H12N2O2/c1-11-3-2-4-13(9-11)15-18-14(16(19)20-15)10-12-5-7-17-8-6-12/h2-10H,1H3/b14-10-. The zero-order chi connectivity index (χ0) is 13.9. The number of ether oxygens (including phenoxy) is 1. The van der Waals surface area contributed by atoms with E-state index in [9.17, 15) is 4.79 Å². The van der Waals surface area contributed by atoms with Crippen LogP contribution in [0, 0.1) is 6.92 Å². The van der Waals surface area contributed by atoms with Crippen molar-refractivity contribution in [3.8, 4) is 0 Å². The minimum atomic E-state index is -0.432. The Morgan fingerprint density at radius 3 is 2.70 bits per heavy atom. The molecule has 0 fully saturated rings. The minimum Gasteiger partial charge on any atom is -0.402 e. The van der Waals surface area contributed by atoms with Crippen molar-refractivity contribution in [3.63, 3.8) is 0 Å². The van der Waals surface area contributed by atoms with Crippen LogP contribution in [0.1, 0.15) is 16.7 Å². The highest BCUT2D eigenvalue weighted by molar-refractivity contribution is 6.12. The summed E-state index contributed by atoms with van der Waals surface area (Å²) < 4.78 is 5.21. The average molecular weight is 264 g/mol. The number of nitrogens with zero attached hydrogens (tertiary/aromatic N) is 2. The second kappa shape index (κ2) is 5.09. The van der Waals surface area contributed by atoms with Gasteiger partial charge in [0.25, 0.3) is 0 Å². The lowest BCUT2D eigenvalue weighted by atomic mass is 10.1. The summed E-state index contributed by atoms with van der Waals surface area (Å²) in [5.41, 5.74) is 3.05.